The number of nitrogens with zero attached hydrogens (tertiary/aromatic N) is 2. The molecule has 0 aromatic rings. The van der Waals surface area contributed by atoms with E-state index in [1.807, 2.05) is 0 Å². The lowest BCUT2D eigenvalue weighted by Crippen LogP contribution is -2.41. The molecule has 1 unspecified atom stereocenters. The van der Waals surface area contributed by atoms with E-state index in [-0.39, 0.29) is 17.9 Å². The molecule has 2 heterocycles. The number of likely N-dealkylation sites (N-methyl/N-ethyl adjacent to an activating group) is 1. The maximum absolute atomic E-state index is 11.8. The predicted octanol–water partition coefficient (Wildman–Crippen LogP) is 0.620. The first-order valence-electron chi connectivity index (χ1n) is 5.74. The van der Waals surface area contributed by atoms with Crippen LogP contribution in [-0.2, 0) is 9.59 Å². The Hall–Kier alpha value is -0.900. The zero-order chi connectivity index (χ0) is 10.8. The number of carbonyl (C=O) groups excluding carboxylic acids is 2. The van der Waals surface area contributed by atoms with Crippen molar-refractivity contribution in [2.75, 3.05) is 20.1 Å². The fourth-order valence-electron chi connectivity index (χ4n) is 2.43. The highest BCUT2D eigenvalue weighted by Gasteiger charge is 2.39. The highest BCUT2D eigenvalue weighted by molar-refractivity contribution is 6.05. The molecular formula is C11H18N2O2. The Morgan fingerprint density at radius 3 is 2.13 bits per heavy atom. The second-order valence-electron chi connectivity index (χ2n) is 4.46. The predicted molar refractivity (Wildman–Crippen MR) is 56.2 cm³/mol. The Morgan fingerprint density at radius 2 is 1.67 bits per heavy atom. The third-order valence-electron chi connectivity index (χ3n) is 3.44. The standard InChI is InChI=1S/C11H18N2O2/c1-12-10(14)8-9(11(12)15)13-6-4-2-3-5-7-13/h9H,2-8H2,1H3. The van der Waals surface area contributed by atoms with Crippen LogP contribution in [0.4, 0.5) is 0 Å². The van der Waals surface area contributed by atoms with Gasteiger partial charge in [0.25, 0.3) is 0 Å². The van der Waals surface area contributed by atoms with E-state index in [2.05, 4.69) is 4.90 Å². The van der Waals surface area contributed by atoms with Crippen LogP contribution in [0.25, 0.3) is 0 Å². The van der Waals surface area contributed by atoms with Gasteiger partial charge >= 0.3 is 0 Å². The number of amides is 2. The highest BCUT2D eigenvalue weighted by Crippen LogP contribution is 2.20. The third-order valence-corrected chi connectivity index (χ3v) is 3.44. The molecular weight excluding hydrogens is 192 g/mol. The summed E-state index contributed by atoms with van der Waals surface area (Å²) in [6.07, 6.45) is 5.20. The smallest absolute Gasteiger partial charge is 0.246 e. The molecule has 84 valence electrons. The van der Waals surface area contributed by atoms with Crippen LogP contribution in [0.2, 0.25) is 0 Å². The summed E-state index contributed by atoms with van der Waals surface area (Å²) in [6.45, 7) is 1.94. The maximum atomic E-state index is 11.8. The zero-order valence-electron chi connectivity index (χ0n) is 9.24. The summed E-state index contributed by atoms with van der Waals surface area (Å²) < 4.78 is 0. The van der Waals surface area contributed by atoms with Crippen molar-refractivity contribution in [2.45, 2.75) is 38.1 Å². The molecule has 2 aliphatic heterocycles. The van der Waals surface area contributed by atoms with E-state index in [9.17, 15) is 9.59 Å². The first kappa shape index (κ1) is 10.6. The monoisotopic (exact) mass is 210 g/mol. The van der Waals surface area contributed by atoms with Gasteiger partial charge in [0.1, 0.15) is 0 Å². The van der Waals surface area contributed by atoms with E-state index in [0.717, 1.165) is 25.9 Å². The van der Waals surface area contributed by atoms with Crippen molar-refractivity contribution in [3.8, 4) is 0 Å². The molecule has 2 rings (SSSR count). The summed E-state index contributed by atoms with van der Waals surface area (Å²) in [5.41, 5.74) is 0. The van der Waals surface area contributed by atoms with Crippen LogP contribution in [0.15, 0.2) is 0 Å². The molecule has 2 amide bonds. The first-order valence-corrected chi connectivity index (χ1v) is 5.74. The summed E-state index contributed by atoms with van der Waals surface area (Å²) in [4.78, 5) is 26.7. The average molecular weight is 210 g/mol. The van der Waals surface area contributed by atoms with Gasteiger partial charge in [-0.1, -0.05) is 12.8 Å². The van der Waals surface area contributed by atoms with Crippen LogP contribution in [0.5, 0.6) is 0 Å². The van der Waals surface area contributed by atoms with E-state index in [1.165, 1.54) is 17.7 Å². The minimum absolute atomic E-state index is 0.0121. The Kier molecular flexibility index (Phi) is 3.05. The van der Waals surface area contributed by atoms with Crippen LogP contribution in [0.3, 0.4) is 0 Å². The molecule has 2 saturated heterocycles. The molecule has 2 aliphatic rings. The SMILES string of the molecule is CN1C(=O)CC(N2CCCCCC2)C1=O. The van der Waals surface area contributed by atoms with Crippen molar-refractivity contribution in [3.05, 3.63) is 0 Å². The van der Waals surface area contributed by atoms with Crippen LogP contribution in [-0.4, -0.2) is 47.8 Å². The minimum Gasteiger partial charge on any atom is -0.292 e. The molecule has 2 fully saturated rings. The van der Waals surface area contributed by atoms with Gasteiger partial charge in [-0.05, 0) is 25.9 Å². The Labute approximate surface area is 90.2 Å². The summed E-state index contributed by atoms with van der Waals surface area (Å²) in [7, 11) is 1.59. The summed E-state index contributed by atoms with van der Waals surface area (Å²) in [5.74, 6) is -0.0452. The second kappa shape index (κ2) is 4.31. The molecule has 4 heteroatoms. The van der Waals surface area contributed by atoms with E-state index in [4.69, 9.17) is 0 Å². The van der Waals surface area contributed by atoms with Gasteiger partial charge in [-0.2, -0.15) is 0 Å². The molecule has 1 atom stereocenters. The number of hydrogen-bond acceptors (Lipinski definition) is 3. The Bertz CT molecular complexity index is 270. The summed E-state index contributed by atoms with van der Waals surface area (Å²) >= 11 is 0. The molecule has 0 N–H and O–H groups in total. The van der Waals surface area contributed by atoms with Gasteiger partial charge in [0.15, 0.2) is 0 Å². The molecule has 0 saturated carbocycles. The number of likely N-dealkylation sites (tertiary alicyclic amines) is 2. The molecule has 0 aromatic carbocycles. The van der Waals surface area contributed by atoms with E-state index in [1.54, 1.807) is 7.05 Å². The lowest BCUT2D eigenvalue weighted by Gasteiger charge is -2.24. The number of hydrogen-bond donors (Lipinski definition) is 0. The highest BCUT2D eigenvalue weighted by atomic mass is 16.2. The van der Waals surface area contributed by atoms with Crippen LogP contribution >= 0.6 is 0 Å². The molecule has 0 spiro atoms. The van der Waals surface area contributed by atoms with Gasteiger partial charge in [0.2, 0.25) is 11.8 Å². The van der Waals surface area contributed by atoms with Crippen molar-refractivity contribution in [3.63, 3.8) is 0 Å². The van der Waals surface area contributed by atoms with Crippen LogP contribution in [0.1, 0.15) is 32.1 Å². The molecule has 0 aliphatic carbocycles. The van der Waals surface area contributed by atoms with Gasteiger partial charge in [-0.15, -0.1) is 0 Å². The Morgan fingerprint density at radius 1 is 1.07 bits per heavy atom. The quantitative estimate of drug-likeness (QED) is 0.596. The van der Waals surface area contributed by atoms with Gasteiger partial charge < -0.3 is 0 Å². The van der Waals surface area contributed by atoms with Gasteiger partial charge in [-0.25, -0.2) is 0 Å². The lowest BCUT2D eigenvalue weighted by atomic mass is 10.2. The van der Waals surface area contributed by atoms with Gasteiger partial charge in [0.05, 0.1) is 12.5 Å². The van der Waals surface area contributed by atoms with Gasteiger partial charge in [0, 0.05) is 7.05 Å². The zero-order valence-corrected chi connectivity index (χ0v) is 9.24. The fraction of sp³-hybridized carbons (Fsp3) is 0.818. The second-order valence-corrected chi connectivity index (χ2v) is 4.46. The Balaban J connectivity index is 2.03. The van der Waals surface area contributed by atoms with Crippen molar-refractivity contribution < 1.29 is 9.59 Å². The van der Waals surface area contributed by atoms with Crippen molar-refractivity contribution in [2.24, 2.45) is 0 Å². The average Bonchev–Trinajstić information content (AvgIpc) is 2.51. The van der Waals surface area contributed by atoms with E-state index < -0.39 is 0 Å². The normalized spacial score (nSPS) is 29.7. The van der Waals surface area contributed by atoms with Crippen LogP contribution in [0, 0.1) is 0 Å². The van der Waals surface area contributed by atoms with Crippen molar-refractivity contribution in [1.82, 2.24) is 9.80 Å². The molecule has 0 radical (unpaired) electrons. The maximum Gasteiger partial charge on any atom is 0.246 e. The largest absolute Gasteiger partial charge is 0.292 e. The molecule has 4 nitrogen and oxygen atoms in total. The topological polar surface area (TPSA) is 40.6 Å². The summed E-state index contributed by atoms with van der Waals surface area (Å²) in [5, 5.41) is 0. The minimum atomic E-state index is -0.166. The molecule has 15 heavy (non-hydrogen) atoms. The third kappa shape index (κ3) is 2.04. The van der Waals surface area contributed by atoms with E-state index in [0.29, 0.717) is 6.42 Å². The van der Waals surface area contributed by atoms with Crippen molar-refractivity contribution >= 4 is 11.8 Å². The van der Waals surface area contributed by atoms with Crippen molar-refractivity contribution in [1.29, 1.82) is 0 Å². The lowest BCUT2D eigenvalue weighted by molar-refractivity contribution is -0.138. The molecule has 0 aromatic heterocycles. The number of rotatable bonds is 1. The van der Waals surface area contributed by atoms with Crippen LogP contribution < -0.4 is 0 Å². The fourth-order valence-corrected chi connectivity index (χ4v) is 2.43. The first-order chi connectivity index (χ1) is 7.20. The summed E-state index contributed by atoms with van der Waals surface area (Å²) in [6, 6.07) is -0.166. The molecule has 0 bridgehead atoms. The number of imide groups is 1. The van der Waals surface area contributed by atoms with Gasteiger partial charge in [-0.3, -0.25) is 19.4 Å². The van der Waals surface area contributed by atoms with E-state index >= 15 is 0 Å². The number of carbonyl (C=O) groups is 2.